The molecule has 8 N–H and O–H groups in total. The number of nitrogens with two attached hydrogens (primary N) is 2. The molecule has 1 saturated heterocycles. The van der Waals surface area contributed by atoms with Crippen LogP contribution in [-0.2, 0) is 65.6 Å². The lowest BCUT2D eigenvalue weighted by Crippen LogP contribution is -2.55. The van der Waals surface area contributed by atoms with E-state index >= 15 is 0 Å². The molecule has 7 amide bonds. The van der Waals surface area contributed by atoms with E-state index in [9.17, 15) is 47.9 Å². The van der Waals surface area contributed by atoms with E-state index in [-0.39, 0.29) is 117 Å². The largest absolute Gasteiger partial charge is 0.445 e. The van der Waals surface area contributed by atoms with Gasteiger partial charge in [-0.25, -0.2) is 14.6 Å². The maximum Gasteiger partial charge on any atom is 0.408 e. The van der Waals surface area contributed by atoms with Gasteiger partial charge in [0.15, 0.2) is 11.6 Å². The Morgan fingerprint density at radius 1 is 0.781 bits per heavy atom. The summed E-state index contributed by atoms with van der Waals surface area (Å²) in [6.45, 7) is 17.3. The van der Waals surface area contributed by atoms with Crippen molar-refractivity contribution >= 4 is 75.9 Å². The Hall–Kier alpha value is -6.99. The predicted molar refractivity (Wildman–Crippen MR) is 372 cm³/mol. The molecule has 24 heteroatoms. The molecule has 2 heterocycles. The Labute approximate surface area is 573 Å². The fraction of sp³-hybridized carbons (Fsp3) is 0.653. The van der Waals surface area contributed by atoms with Crippen molar-refractivity contribution in [2.45, 2.75) is 201 Å². The van der Waals surface area contributed by atoms with Crippen LogP contribution in [0.2, 0.25) is 0 Å². The molecule has 0 saturated carbocycles. The molecule has 3 aromatic rings. The standard InChI is InChI=1S/C72H112N10O13S/c1-15-47(6)64(60(93-13)42-62(87)82-35-22-27-57(82)65(94-14)48(7)58(84)40-53(68-75-34-36-96-68)37-49-23-17-16-18-24-49)81(12)69(90)56(45(2)3)41-61(86)72(8,9)79-71(92)95-44-50-28-30-54(31-29-50)77-66(88)52(26-21-33-76-70(74)91)39-59(85)63(46(4)5)78-67(89)51(25-19-20-32-73)38-55(83)43-80(10)11/h16-18,23-24,28-31,34,36,45-48,51-53,56-57,60,63-65H,15,19-22,25-27,32-33,35,37-44,73H2,1-14H3,(H,77,88)(H,78,89)(H,79,92)(H3,74,76,91)/t47-,48-,51+,52+,53+,56-,57-,60+,63-,64-,65+/m0/s1. The van der Waals surface area contributed by atoms with Gasteiger partial charge < -0.3 is 61.6 Å². The lowest BCUT2D eigenvalue weighted by atomic mass is 9.83. The van der Waals surface area contributed by atoms with Gasteiger partial charge >= 0.3 is 12.1 Å². The number of unbranched alkanes of at least 4 members (excludes halogenated alkanes) is 1. The van der Waals surface area contributed by atoms with Gasteiger partial charge in [0.1, 0.15) is 18.2 Å². The number of nitrogens with one attached hydrogen (secondary N) is 4. The first-order valence-electron chi connectivity index (χ1n) is 34.1. The Balaban J connectivity index is 1.38. The highest BCUT2D eigenvalue weighted by atomic mass is 32.1. The molecular formula is C72H112N10O13S. The zero-order valence-electron chi connectivity index (χ0n) is 59.5. The summed E-state index contributed by atoms with van der Waals surface area (Å²) in [5, 5.41) is 13.8. The maximum absolute atomic E-state index is 14.8. The Morgan fingerprint density at radius 2 is 1.45 bits per heavy atom. The van der Waals surface area contributed by atoms with E-state index < -0.39 is 83.2 Å². The summed E-state index contributed by atoms with van der Waals surface area (Å²) in [7, 11) is 8.35. The summed E-state index contributed by atoms with van der Waals surface area (Å²) in [5.41, 5.74) is 11.6. The summed E-state index contributed by atoms with van der Waals surface area (Å²) in [5.74, 6) is -5.99. The van der Waals surface area contributed by atoms with E-state index in [1.807, 2.05) is 63.1 Å². The molecule has 0 unspecified atom stereocenters. The van der Waals surface area contributed by atoms with Crippen LogP contribution in [0.25, 0.3) is 0 Å². The number of Topliss-reactive ketones (excluding diaryl/α,β-unsaturated/α-hetero) is 4. The van der Waals surface area contributed by atoms with Gasteiger partial charge in [-0.05, 0) is 120 Å². The van der Waals surface area contributed by atoms with Crippen LogP contribution >= 0.6 is 11.3 Å². The first-order chi connectivity index (χ1) is 45.5. The topological polar surface area (TPSA) is 321 Å². The molecule has 1 fully saturated rings. The number of benzene rings is 2. The average Bonchev–Trinajstić information content (AvgIpc) is 1.37. The number of likely N-dealkylation sites (tertiary alicyclic amines) is 1. The number of primary amides is 1. The third-order valence-electron chi connectivity index (χ3n) is 18.7. The first kappa shape index (κ1) is 81.4. The van der Waals surface area contributed by atoms with Crippen LogP contribution in [0.5, 0.6) is 0 Å². The van der Waals surface area contributed by atoms with Crippen molar-refractivity contribution in [1.82, 2.24) is 35.6 Å². The van der Waals surface area contributed by atoms with Crippen LogP contribution in [0.15, 0.2) is 66.2 Å². The Morgan fingerprint density at radius 3 is 2.03 bits per heavy atom. The minimum Gasteiger partial charge on any atom is -0.445 e. The quantitative estimate of drug-likeness (QED) is 0.0288. The molecule has 1 aromatic heterocycles. The molecule has 23 nitrogen and oxygen atoms in total. The van der Waals surface area contributed by atoms with Gasteiger partial charge in [-0.1, -0.05) is 104 Å². The van der Waals surface area contributed by atoms with E-state index in [0.29, 0.717) is 69.3 Å². The molecule has 0 radical (unpaired) electrons. The van der Waals surface area contributed by atoms with Gasteiger partial charge in [-0.2, -0.15) is 0 Å². The third-order valence-corrected chi connectivity index (χ3v) is 19.6. The molecule has 11 atom stereocenters. The van der Waals surface area contributed by atoms with E-state index in [4.69, 9.17) is 25.7 Å². The average molecular weight is 1360 g/mol. The fourth-order valence-corrected chi connectivity index (χ4v) is 13.6. The number of anilines is 1. The van der Waals surface area contributed by atoms with Gasteiger partial charge in [0, 0.05) is 107 Å². The number of hydrogen-bond acceptors (Lipinski definition) is 17. The summed E-state index contributed by atoms with van der Waals surface area (Å²) in [4.78, 5) is 147. The number of hydrogen-bond donors (Lipinski definition) is 6. The summed E-state index contributed by atoms with van der Waals surface area (Å²) in [6, 6.07) is 13.9. The van der Waals surface area contributed by atoms with Gasteiger partial charge in [0.2, 0.25) is 23.6 Å². The lowest BCUT2D eigenvalue weighted by molar-refractivity contribution is -0.149. The second kappa shape index (κ2) is 40.7. The number of likely N-dealkylation sites (N-methyl/N-ethyl adjacent to an activating group) is 2. The molecule has 1 aliphatic heterocycles. The number of ketones is 4. The molecule has 2 aromatic carbocycles. The number of thiazole rings is 1. The highest BCUT2D eigenvalue weighted by Gasteiger charge is 2.44. The van der Waals surface area contributed by atoms with Gasteiger partial charge in [0.25, 0.3) is 0 Å². The van der Waals surface area contributed by atoms with E-state index in [2.05, 4.69) is 38.4 Å². The fourth-order valence-electron chi connectivity index (χ4n) is 12.8. The maximum atomic E-state index is 14.8. The number of nitrogens with zero attached hydrogens (tertiary/aromatic N) is 4. The third kappa shape index (κ3) is 25.8. The highest BCUT2D eigenvalue weighted by Crippen LogP contribution is 2.34. The molecule has 1 aliphatic rings. The van der Waals surface area contributed by atoms with Crippen LogP contribution < -0.4 is 32.7 Å². The molecule has 534 valence electrons. The molecular weight excluding hydrogens is 1240 g/mol. The Kier molecular flexibility index (Phi) is 34.5. The van der Waals surface area contributed by atoms with Crippen molar-refractivity contribution in [2.75, 3.05) is 66.9 Å². The van der Waals surface area contributed by atoms with Crippen LogP contribution in [0.4, 0.5) is 15.3 Å². The normalized spacial score (nSPS) is 16.5. The zero-order chi connectivity index (χ0) is 71.4. The van der Waals surface area contributed by atoms with Crippen molar-refractivity contribution in [3.63, 3.8) is 0 Å². The van der Waals surface area contributed by atoms with Gasteiger partial charge in [-0.3, -0.25) is 38.4 Å². The van der Waals surface area contributed by atoms with Crippen molar-refractivity contribution in [2.24, 2.45) is 52.9 Å². The minimum absolute atomic E-state index is 0.00946. The van der Waals surface area contributed by atoms with Gasteiger partial charge in [0.05, 0.1) is 53.8 Å². The van der Waals surface area contributed by atoms with E-state index in [1.165, 1.54) is 18.4 Å². The summed E-state index contributed by atoms with van der Waals surface area (Å²) >= 11 is 1.54. The van der Waals surface area contributed by atoms with Crippen LogP contribution in [0.1, 0.15) is 168 Å². The van der Waals surface area contributed by atoms with Crippen molar-refractivity contribution in [3.05, 3.63) is 82.3 Å². The number of ether oxygens (including phenoxy) is 3. The lowest BCUT2D eigenvalue weighted by Gasteiger charge is -2.41. The van der Waals surface area contributed by atoms with Crippen LogP contribution in [0, 0.1) is 41.4 Å². The second-order valence-electron chi connectivity index (χ2n) is 27.5. The van der Waals surface area contributed by atoms with Crippen LogP contribution in [-0.4, -0.2) is 176 Å². The van der Waals surface area contributed by atoms with Crippen LogP contribution in [0.3, 0.4) is 0 Å². The van der Waals surface area contributed by atoms with E-state index in [0.717, 1.165) is 17.0 Å². The molecule has 0 bridgehead atoms. The summed E-state index contributed by atoms with van der Waals surface area (Å²) in [6.07, 6.45) is 4.32. The molecule has 4 rings (SSSR count). The second-order valence-corrected chi connectivity index (χ2v) is 28.4. The van der Waals surface area contributed by atoms with Crippen molar-refractivity contribution < 1.29 is 62.2 Å². The summed E-state index contributed by atoms with van der Waals surface area (Å²) < 4.78 is 17.8. The molecule has 96 heavy (non-hydrogen) atoms. The van der Waals surface area contributed by atoms with Crippen molar-refractivity contribution in [1.29, 1.82) is 0 Å². The SMILES string of the molecule is CC[C@H](C)[C@@H]([C@@H](CC(=O)N1CCC[C@H]1[C@H](OC)[C@@H](C)C(=O)C[C@@H](Cc1ccccc1)c1nccs1)OC)N(C)C(=O)[C@@H](CC(=O)C(C)(C)NC(=O)OCc1ccc(NC(=O)[C@H](CCCNC(N)=O)CC(=O)[C@@H](NC(=O)[C@H](CCCCN)CC(=O)CN(C)C)C(C)C)cc1)C(C)C. The molecule has 0 spiro atoms. The zero-order valence-corrected chi connectivity index (χ0v) is 60.3. The number of aromatic nitrogens is 1. The number of rotatable bonds is 44. The minimum atomic E-state index is -1.47. The number of amides is 7. The molecule has 0 aliphatic carbocycles. The number of methoxy groups -OCH3 is 2. The number of alkyl carbamates (subject to hydrolysis) is 1. The predicted octanol–water partition coefficient (Wildman–Crippen LogP) is 8.65. The van der Waals surface area contributed by atoms with Gasteiger partial charge in [-0.15, -0.1) is 11.3 Å². The smallest absolute Gasteiger partial charge is 0.408 e. The van der Waals surface area contributed by atoms with E-state index in [1.54, 1.807) is 96.2 Å². The van der Waals surface area contributed by atoms with Crippen molar-refractivity contribution in [3.8, 4) is 0 Å². The first-order valence-corrected chi connectivity index (χ1v) is 35.0. The number of carbonyl (C=O) groups is 10. The highest BCUT2D eigenvalue weighted by molar-refractivity contribution is 7.09. The number of urea groups is 1. The monoisotopic (exact) mass is 1360 g/mol. The Bertz CT molecular complexity index is 2970. The number of carbonyl (C=O) groups excluding carboxylic acids is 10.